The zero-order chi connectivity index (χ0) is 13.7. The number of nitrogens with one attached hydrogen (secondary N) is 1. The van der Waals surface area contributed by atoms with E-state index in [2.05, 4.69) is 10.5 Å². The van der Waals surface area contributed by atoms with Gasteiger partial charge in [0.15, 0.2) is 11.5 Å². The molecule has 0 saturated carbocycles. The Morgan fingerprint density at radius 1 is 1.21 bits per heavy atom. The van der Waals surface area contributed by atoms with Crippen molar-refractivity contribution in [1.29, 1.82) is 0 Å². The quantitative estimate of drug-likeness (QED) is 0.652. The highest BCUT2D eigenvalue weighted by Gasteiger charge is 2.00. The van der Waals surface area contributed by atoms with Crippen LogP contribution >= 0.6 is 0 Å². The summed E-state index contributed by atoms with van der Waals surface area (Å²) in [7, 11) is 1.51. The van der Waals surface area contributed by atoms with Crippen molar-refractivity contribution in [3.63, 3.8) is 0 Å². The zero-order valence-corrected chi connectivity index (χ0v) is 10.9. The van der Waals surface area contributed by atoms with Crippen LogP contribution in [-0.4, -0.2) is 18.4 Å². The van der Waals surface area contributed by atoms with Crippen molar-refractivity contribution < 1.29 is 9.84 Å². The molecule has 0 aliphatic carbocycles. The lowest BCUT2D eigenvalue weighted by atomic mass is 10.2. The first-order chi connectivity index (χ1) is 9.19. The second-order valence-corrected chi connectivity index (χ2v) is 4.17. The van der Waals surface area contributed by atoms with E-state index >= 15 is 0 Å². The predicted molar refractivity (Wildman–Crippen MR) is 77.1 cm³/mol. The van der Waals surface area contributed by atoms with Crippen molar-refractivity contribution in [3.8, 4) is 11.5 Å². The lowest BCUT2D eigenvalue weighted by molar-refractivity contribution is 0.373. The molecule has 2 rings (SSSR count). The second kappa shape index (κ2) is 5.91. The van der Waals surface area contributed by atoms with Crippen LogP contribution in [0.25, 0.3) is 0 Å². The number of anilines is 1. The Morgan fingerprint density at radius 3 is 2.79 bits per heavy atom. The molecule has 0 aromatic heterocycles. The fourth-order valence-electron chi connectivity index (χ4n) is 1.67. The maximum Gasteiger partial charge on any atom is 0.161 e. The Morgan fingerprint density at radius 2 is 2.05 bits per heavy atom. The van der Waals surface area contributed by atoms with Crippen LogP contribution in [0.2, 0.25) is 0 Å². The number of aromatic hydroxyl groups is 1. The Balaban J connectivity index is 2.07. The van der Waals surface area contributed by atoms with E-state index in [1.165, 1.54) is 12.7 Å². The monoisotopic (exact) mass is 256 g/mol. The summed E-state index contributed by atoms with van der Waals surface area (Å²) in [4.78, 5) is 0. The average molecular weight is 256 g/mol. The summed E-state index contributed by atoms with van der Waals surface area (Å²) in [6.45, 7) is 2.03. The van der Waals surface area contributed by atoms with Crippen LogP contribution in [0, 0.1) is 6.92 Å². The summed E-state index contributed by atoms with van der Waals surface area (Å²) < 4.78 is 5.03. The van der Waals surface area contributed by atoms with Gasteiger partial charge in [0.1, 0.15) is 0 Å². The van der Waals surface area contributed by atoms with E-state index in [4.69, 9.17) is 4.74 Å². The van der Waals surface area contributed by atoms with Crippen molar-refractivity contribution in [3.05, 3.63) is 53.6 Å². The van der Waals surface area contributed by atoms with Gasteiger partial charge >= 0.3 is 0 Å². The third-order valence-electron chi connectivity index (χ3n) is 2.63. The maximum absolute atomic E-state index is 9.48. The molecule has 0 fully saturated rings. The Labute approximate surface area is 112 Å². The van der Waals surface area contributed by atoms with Crippen molar-refractivity contribution in [1.82, 2.24) is 0 Å². The number of hydrogen-bond acceptors (Lipinski definition) is 4. The SMILES string of the molecule is COc1cc(/C=N/Nc2cccc(C)c2)ccc1O. The number of hydrogen-bond donors (Lipinski definition) is 2. The first-order valence-electron chi connectivity index (χ1n) is 5.92. The minimum absolute atomic E-state index is 0.117. The van der Waals surface area contributed by atoms with E-state index in [0.29, 0.717) is 5.75 Å². The smallest absolute Gasteiger partial charge is 0.161 e. The van der Waals surface area contributed by atoms with Crippen molar-refractivity contribution in [2.75, 3.05) is 12.5 Å². The van der Waals surface area contributed by atoms with Crippen LogP contribution < -0.4 is 10.2 Å². The summed E-state index contributed by atoms with van der Waals surface area (Å²) >= 11 is 0. The highest BCUT2D eigenvalue weighted by atomic mass is 16.5. The van der Waals surface area contributed by atoms with E-state index in [9.17, 15) is 5.11 Å². The van der Waals surface area contributed by atoms with Gasteiger partial charge in [0.2, 0.25) is 0 Å². The molecule has 0 bridgehead atoms. The Bertz CT molecular complexity index is 594. The molecule has 4 heteroatoms. The minimum Gasteiger partial charge on any atom is -0.504 e. The van der Waals surface area contributed by atoms with Gasteiger partial charge in [0, 0.05) is 0 Å². The molecular formula is C15H16N2O2. The summed E-state index contributed by atoms with van der Waals surface area (Å²) in [5.74, 6) is 0.547. The number of phenolic OH excluding ortho intramolecular Hbond substituents is 1. The van der Waals surface area contributed by atoms with Crippen molar-refractivity contribution in [2.24, 2.45) is 5.10 Å². The van der Waals surface area contributed by atoms with E-state index in [-0.39, 0.29) is 5.75 Å². The Hall–Kier alpha value is -2.49. The number of nitrogens with zero attached hydrogens (tertiary/aromatic N) is 1. The number of methoxy groups -OCH3 is 1. The minimum atomic E-state index is 0.117. The summed E-state index contributed by atoms with van der Waals surface area (Å²) in [5, 5.41) is 13.6. The van der Waals surface area contributed by atoms with Gasteiger partial charge in [-0.3, -0.25) is 5.43 Å². The van der Waals surface area contributed by atoms with Gasteiger partial charge in [-0.05, 0) is 48.4 Å². The fraction of sp³-hybridized carbons (Fsp3) is 0.133. The van der Waals surface area contributed by atoms with E-state index < -0.39 is 0 Å². The molecule has 2 N–H and O–H groups in total. The normalized spacial score (nSPS) is 10.6. The Kier molecular flexibility index (Phi) is 4.03. The van der Waals surface area contributed by atoms with Crippen LogP contribution in [-0.2, 0) is 0 Å². The van der Waals surface area contributed by atoms with Gasteiger partial charge in [-0.2, -0.15) is 5.10 Å². The number of benzene rings is 2. The van der Waals surface area contributed by atoms with Crippen molar-refractivity contribution in [2.45, 2.75) is 6.92 Å². The maximum atomic E-state index is 9.48. The van der Waals surface area contributed by atoms with Gasteiger partial charge in [0.05, 0.1) is 19.0 Å². The van der Waals surface area contributed by atoms with E-state index in [1.54, 1.807) is 24.4 Å². The molecule has 0 radical (unpaired) electrons. The van der Waals surface area contributed by atoms with Gasteiger partial charge in [-0.1, -0.05) is 12.1 Å². The summed E-state index contributed by atoms with van der Waals surface area (Å²) in [6.07, 6.45) is 1.67. The largest absolute Gasteiger partial charge is 0.504 e. The third-order valence-corrected chi connectivity index (χ3v) is 2.63. The van der Waals surface area contributed by atoms with E-state index in [0.717, 1.165) is 11.3 Å². The number of hydrazone groups is 1. The molecule has 0 amide bonds. The zero-order valence-electron chi connectivity index (χ0n) is 10.9. The van der Waals surface area contributed by atoms with Gasteiger partial charge < -0.3 is 9.84 Å². The van der Waals surface area contributed by atoms with Crippen LogP contribution in [0.15, 0.2) is 47.6 Å². The molecule has 2 aromatic rings. The molecule has 0 aliphatic heterocycles. The summed E-state index contributed by atoms with van der Waals surface area (Å²) in [6, 6.07) is 13.0. The van der Waals surface area contributed by atoms with Crippen LogP contribution in [0.5, 0.6) is 11.5 Å². The predicted octanol–water partition coefficient (Wildman–Crippen LogP) is 3.16. The first kappa shape index (κ1) is 13.0. The number of rotatable bonds is 4. The topological polar surface area (TPSA) is 53.8 Å². The molecule has 0 heterocycles. The molecule has 0 unspecified atom stereocenters. The lowest BCUT2D eigenvalue weighted by Crippen LogP contribution is -1.92. The van der Waals surface area contributed by atoms with Crippen LogP contribution in [0.4, 0.5) is 5.69 Å². The van der Waals surface area contributed by atoms with Gasteiger partial charge in [0.25, 0.3) is 0 Å². The standard InChI is InChI=1S/C15H16N2O2/c1-11-4-3-5-13(8-11)17-16-10-12-6-7-14(18)15(9-12)19-2/h3-10,17-18H,1-2H3/b16-10+. The third kappa shape index (κ3) is 3.48. The second-order valence-electron chi connectivity index (χ2n) is 4.17. The van der Waals surface area contributed by atoms with Crippen LogP contribution in [0.1, 0.15) is 11.1 Å². The summed E-state index contributed by atoms with van der Waals surface area (Å²) in [5.41, 5.74) is 5.90. The number of aryl methyl sites for hydroxylation is 1. The molecule has 2 aromatic carbocycles. The first-order valence-corrected chi connectivity index (χ1v) is 5.92. The highest BCUT2D eigenvalue weighted by molar-refractivity contribution is 5.81. The van der Waals surface area contributed by atoms with Crippen molar-refractivity contribution >= 4 is 11.9 Å². The molecular weight excluding hydrogens is 240 g/mol. The molecule has 4 nitrogen and oxygen atoms in total. The molecule has 19 heavy (non-hydrogen) atoms. The molecule has 0 saturated heterocycles. The fourth-order valence-corrected chi connectivity index (χ4v) is 1.67. The van der Waals surface area contributed by atoms with Gasteiger partial charge in [-0.15, -0.1) is 0 Å². The highest BCUT2D eigenvalue weighted by Crippen LogP contribution is 2.25. The van der Waals surface area contributed by atoms with Crippen LogP contribution in [0.3, 0.4) is 0 Å². The number of ether oxygens (including phenoxy) is 1. The lowest BCUT2D eigenvalue weighted by Gasteiger charge is -2.04. The van der Waals surface area contributed by atoms with E-state index in [1.807, 2.05) is 31.2 Å². The molecule has 98 valence electrons. The molecule has 0 atom stereocenters. The number of phenols is 1. The average Bonchev–Trinajstić information content (AvgIpc) is 2.41. The molecule has 0 aliphatic rings. The molecule has 0 spiro atoms. The van der Waals surface area contributed by atoms with Gasteiger partial charge in [-0.25, -0.2) is 0 Å².